The number of aryl methyl sites for hydroxylation is 1. The van der Waals surface area contributed by atoms with Crippen molar-refractivity contribution in [1.29, 1.82) is 0 Å². The largest absolute Gasteiger partial charge is 0.486 e. The molecule has 0 spiro atoms. The second-order valence-corrected chi connectivity index (χ2v) is 8.25. The van der Waals surface area contributed by atoms with Crippen molar-refractivity contribution in [3.63, 3.8) is 0 Å². The molecule has 2 heterocycles. The molecule has 0 aliphatic carbocycles. The Morgan fingerprint density at radius 1 is 1.00 bits per heavy atom. The number of piperazine rings is 1. The third-order valence-electron chi connectivity index (χ3n) is 5.95. The van der Waals surface area contributed by atoms with Crippen LogP contribution in [0.2, 0.25) is 0 Å². The zero-order valence-corrected chi connectivity index (χ0v) is 17.9. The smallest absolute Gasteiger partial charge is 0.236 e. The lowest BCUT2D eigenvalue weighted by molar-refractivity contribution is -0.133. The lowest BCUT2D eigenvalue weighted by Gasteiger charge is -2.35. The SMILES string of the molecule is Cc1ccccc1CN1CCN(CC(=O)N(C)C[C@H]2COc3ccccc3O2)CC1. The van der Waals surface area contributed by atoms with Crippen LogP contribution in [0.4, 0.5) is 0 Å². The Hall–Kier alpha value is -2.57. The summed E-state index contributed by atoms with van der Waals surface area (Å²) in [5.74, 6) is 1.65. The predicted molar refractivity (Wildman–Crippen MR) is 117 cm³/mol. The first-order valence-corrected chi connectivity index (χ1v) is 10.7. The zero-order valence-electron chi connectivity index (χ0n) is 17.9. The van der Waals surface area contributed by atoms with Gasteiger partial charge in [-0.2, -0.15) is 0 Å². The quantitative estimate of drug-likeness (QED) is 0.733. The molecule has 1 fully saturated rings. The number of likely N-dealkylation sites (N-methyl/N-ethyl adjacent to an activating group) is 1. The Labute approximate surface area is 179 Å². The van der Waals surface area contributed by atoms with Gasteiger partial charge in [0.15, 0.2) is 17.6 Å². The predicted octanol–water partition coefficient (Wildman–Crippen LogP) is 2.41. The highest BCUT2D eigenvalue weighted by Gasteiger charge is 2.25. The average molecular weight is 410 g/mol. The topological polar surface area (TPSA) is 45.2 Å². The lowest BCUT2D eigenvalue weighted by Crippen LogP contribution is -2.50. The van der Waals surface area contributed by atoms with Crippen LogP contribution in [0, 0.1) is 6.92 Å². The van der Waals surface area contributed by atoms with Crippen molar-refractivity contribution in [2.45, 2.75) is 19.6 Å². The maximum atomic E-state index is 12.7. The number of hydrogen-bond donors (Lipinski definition) is 0. The Kier molecular flexibility index (Phi) is 6.55. The minimum atomic E-state index is -0.139. The number of benzene rings is 2. The Balaban J connectivity index is 1.21. The van der Waals surface area contributed by atoms with Gasteiger partial charge in [-0.15, -0.1) is 0 Å². The van der Waals surface area contributed by atoms with Crippen LogP contribution in [0.3, 0.4) is 0 Å². The summed E-state index contributed by atoms with van der Waals surface area (Å²) < 4.78 is 11.7. The van der Waals surface area contributed by atoms with Crippen molar-refractivity contribution in [2.24, 2.45) is 0 Å². The minimum absolute atomic E-state index is 0.129. The highest BCUT2D eigenvalue weighted by atomic mass is 16.6. The second-order valence-electron chi connectivity index (χ2n) is 8.25. The summed E-state index contributed by atoms with van der Waals surface area (Å²) in [6.07, 6.45) is -0.139. The monoisotopic (exact) mass is 409 g/mol. The van der Waals surface area contributed by atoms with Gasteiger partial charge in [0.25, 0.3) is 0 Å². The van der Waals surface area contributed by atoms with Gasteiger partial charge in [-0.3, -0.25) is 14.6 Å². The molecule has 30 heavy (non-hydrogen) atoms. The van der Waals surface area contributed by atoms with Gasteiger partial charge < -0.3 is 14.4 Å². The Morgan fingerprint density at radius 3 is 2.43 bits per heavy atom. The van der Waals surface area contributed by atoms with Crippen molar-refractivity contribution in [3.8, 4) is 11.5 Å². The van der Waals surface area contributed by atoms with Gasteiger partial charge in [0.1, 0.15) is 6.61 Å². The van der Waals surface area contributed by atoms with Gasteiger partial charge in [-0.1, -0.05) is 36.4 Å². The van der Waals surface area contributed by atoms with E-state index in [1.165, 1.54) is 11.1 Å². The molecule has 2 aliphatic heterocycles. The zero-order chi connectivity index (χ0) is 20.9. The molecule has 2 aromatic carbocycles. The highest BCUT2D eigenvalue weighted by molar-refractivity contribution is 5.78. The molecule has 0 aromatic heterocycles. The number of para-hydroxylation sites is 2. The van der Waals surface area contributed by atoms with E-state index >= 15 is 0 Å². The van der Waals surface area contributed by atoms with Crippen molar-refractivity contribution >= 4 is 5.91 Å². The molecule has 6 nitrogen and oxygen atoms in total. The maximum absolute atomic E-state index is 12.7. The third-order valence-corrected chi connectivity index (χ3v) is 5.95. The molecule has 0 unspecified atom stereocenters. The van der Waals surface area contributed by atoms with Gasteiger partial charge in [0.05, 0.1) is 13.1 Å². The van der Waals surface area contributed by atoms with E-state index in [0.717, 1.165) is 44.2 Å². The van der Waals surface area contributed by atoms with Gasteiger partial charge >= 0.3 is 0 Å². The molecule has 2 aromatic rings. The molecule has 1 saturated heterocycles. The number of hydrogen-bond acceptors (Lipinski definition) is 5. The highest BCUT2D eigenvalue weighted by Crippen LogP contribution is 2.30. The van der Waals surface area contributed by atoms with Crippen LogP contribution in [0.5, 0.6) is 11.5 Å². The van der Waals surface area contributed by atoms with Crippen LogP contribution in [0.25, 0.3) is 0 Å². The van der Waals surface area contributed by atoms with E-state index in [0.29, 0.717) is 19.7 Å². The maximum Gasteiger partial charge on any atom is 0.236 e. The van der Waals surface area contributed by atoms with E-state index in [1.54, 1.807) is 4.90 Å². The first kappa shape index (κ1) is 20.7. The van der Waals surface area contributed by atoms with Crippen molar-refractivity contribution in [2.75, 3.05) is 52.9 Å². The van der Waals surface area contributed by atoms with Gasteiger partial charge in [-0.05, 0) is 30.2 Å². The van der Waals surface area contributed by atoms with Crippen LogP contribution in [-0.2, 0) is 11.3 Å². The van der Waals surface area contributed by atoms with Crippen LogP contribution in [-0.4, -0.2) is 79.6 Å². The number of amides is 1. The molecule has 1 atom stereocenters. The molecule has 4 rings (SSSR count). The van der Waals surface area contributed by atoms with E-state index in [4.69, 9.17) is 9.47 Å². The average Bonchev–Trinajstić information content (AvgIpc) is 2.76. The number of ether oxygens (including phenoxy) is 2. The summed E-state index contributed by atoms with van der Waals surface area (Å²) in [4.78, 5) is 19.2. The summed E-state index contributed by atoms with van der Waals surface area (Å²) in [5.41, 5.74) is 2.73. The van der Waals surface area contributed by atoms with Gasteiger partial charge in [0, 0.05) is 39.8 Å². The summed E-state index contributed by atoms with van der Waals surface area (Å²) in [6, 6.07) is 16.2. The van der Waals surface area contributed by atoms with E-state index in [2.05, 4.69) is 41.0 Å². The first-order chi connectivity index (χ1) is 14.6. The van der Waals surface area contributed by atoms with Crippen molar-refractivity contribution in [1.82, 2.24) is 14.7 Å². The fourth-order valence-electron chi connectivity index (χ4n) is 4.01. The van der Waals surface area contributed by atoms with Crippen LogP contribution in [0.1, 0.15) is 11.1 Å². The molecule has 0 saturated carbocycles. The van der Waals surface area contributed by atoms with E-state index < -0.39 is 0 Å². The minimum Gasteiger partial charge on any atom is -0.486 e. The fraction of sp³-hybridized carbons (Fsp3) is 0.458. The second kappa shape index (κ2) is 9.49. The molecule has 2 aliphatic rings. The standard InChI is InChI=1S/C24H31N3O3/c1-19-7-3-4-8-20(19)15-26-11-13-27(14-12-26)17-24(28)25(2)16-21-18-29-22-9-5-6-10-23(22)30-21/h3-10,21H,11-18H2,1-2H3/t21-/m0/s1. The summed E-state index contributed by atoms with van der Waals surface area (Å²) in [5, 5.41) is 0. The number of rotatable bonds is 6. The summed E-state index contributed by atoms with van der Waals surface area (Å²) in [7, 11) is 1.85. The molecular formula is C24H31N3O3. The molecule has 0 radical (unpaired) electrons. The Bertz CT molecular complexity index is 864. The van der Waals surface area contributed by atoms with Crippen LogP contribution in [0.15, 0.2) is 48.5 Å². The van der Waals surface area contributed by atoms with E-state index in [1.807, 2.05) is 31.3 Å². The number of nitrogens with zero attached hydrogens (tertiary/aromatic N) is 3. The fourth-order valence-corrected chi connectivity index (χ4v) is 4.01. The first-order valence-electron chi connectivity index (χ1n) is 10.7. The van der Waals surface area contributed by atoms with Crippen LogP contribution < -0.4 is 9.47 Å². The number of carbonyl (C=O) groups is 1. The van der Waals surface area contributed by atoms with E-state index in [-0.39, 0.29) is 12.0 Å². The molecule has 6 heteroatoms. The normalized spacial score (nSPS) is 19.5. The number of fused-ring (bicyclic) bond motifs is 1. The van der Waals surface area contributed by atoms with E-state index in [9.17, 15) is 4.79 Å². The lowest BCUT2D eigenvalue weighted by atomic mass is 10.1. The molecule has 1 amide bonds. The molecule has 0 N–H and O–H groups in total. The van der Waals surface area contributed by atoms with Crippen LogP contribution >= 0.6 is 0 Å². The molecular weight excluding hydrogens is 378 g/mol. The molecule has 0 bridgehead atoms. The Morgan fingerprint density at radius 2 is 1.67 bits per heavy atom. The number of carbonyl (C=O) groups excluding carboxylic acids is 1. The van der Waals surface area contributed by atoms with Crippen molar-refractivity contribution < 1.29 is 14.3 Å². The third kappa shape index (κ3) is 5.12. The molecule has 160 valence electrons. The van der Waals surface area contributed by atoms with Gasteiger partial charge in [0.2, 0.25) is 5.91 Å². The summed E-state index contributed by atoms with van der Waals surface area (Å²) in [6.45, 7) is 8.41. The van der Waals surface area contributed by atoms with Gasteiger partial charge in [-0.25, -0.2) is 0 Å². The summed E-state index contributed by atoms with van der Waals surface area (Å²) >= 11 is 0. The van der Waals surface area contributed by atoms with Crippen molar-refractivity contribution in [3.05, 3.63) is 59.7 Å².